The molecule has 0 radical (unpaired) electrons. The van der Waals surface area contributed by atoms with Crippen molar-refractivity contribution < 1.29 is 4.79 Å². The van der Waals surface area contributed by atoms with E-state index in [4.69, 9.17) is 0 Å². The fourth-order valence-corrected chi connectivity index (χ4v) is 1.81. The molecule has 1 aliphatic heterocycles. The Morgan fingerprint density at radius 3 is 2.86 bits per heavy atom. The van der Waals surface area contributed by atoms with Crippen molar-refractivity contribution >= 4 is 18.3 Å². The lowest BCUT2D eigenvalue weighted by molar-refractivity contribution is -0.132. The van der Waals surface area contributed by atoms with Crippen molar-refractivity contribution in [2.24, 2.45) is 0 Å². The Morgan fingerprint density at radius 1 is 1.57 bits per heavy atom. The van der Waals surface area contributed by atoms with Crippen LogP contribution in [0.3, 0.4) is 0 Å². The molecule has 0 unspecified atom stereocenters. The number of likely N-dealkylation sites (tertiary alicyclic amines) is 1. The first-order valence-electron chi connectivity index (χ1n) is 5.23. The number of nitrogens with zero attached hydrogens (tertiary/aromatic N) is 1. The van der Waals surface area contributed by atoms with Crippen LogP contribution >= 0.6 is 12.4 Å². The van der Waals surface area contributed by atoms with Crippen molar-refractivity contribution in [2.75, 3.05) is 20.1 Å². The molecule has 0 saturated carbocycles. The second-order valence-electron chi connectivity index (χ2n) is 3.72. The molecular weight excluding hydrogens is 200 g/mol. The zero-order valence-electron chi connectivity index (χ0n) is 9.08. The minimum absolute atomic E-state index is 0. The summed E-state index contributed by atoms with van der Waals surface area (Å²) in [7, 11) is 1.97. The minimum atomic E-state index is 0. The summed E-state index contributed by atoms with van der Waals surface area (Å²) < 4.78 is 0. The van der Waals surface area contributed by atoms with Crippen LogP contribution in [0.2, 0.25) is 0 Å². The third-order valence-corrected chi connectivity index (χ3v) is 2.65. The van der Waals surface area contributed by atoms with E-state index >= 15 is 0 Å². The monoisotopic (exact) mass is 220 g/mol. The molecule has 1 amide bonds. The van der Waals surface area contributed by atoms with E-state index in [1.807, 2.05) is 11.9 Å². The average Bonchev–Trinajstić information content (AvgIpc) is 2.18. The van der Waals surface area contributed by atoms with Crippen LogP contribution in [-0.4, -0.2) is 37.0 Å². The molecule has 1 N–H and O–H groups in total. The smallest absolute Gasteiger partial charge is 0.222 e. The zero-order chi connectivity index (χ0) is 9.68. The summed E-state index contributed by atoms with van der Waals surface area (Å²) in [6, 6.07) is 0.509. The van der Waals surface area contributed by atoms with Gasteiger partial charge in [0.25, 0.3) is 0 Å². The van der Waals surface area contributed by atoms with Gasteiger partial charge in [-0.25, -0.2) is 0 Å². The van der Waals surface area contributed by atoms with E-state index in [1.165, 1.54) is 6.42 Å². The van der Waals surface area contributed by atoms with Gasteiger partial charge in [0.05, 0.1) is 0 Å². The third kappa shape index (κ3) is 3.84. The molecule has 1 aliphatic rings. The lowest BCUT2D eigenvalue weighted by Gasteiger charge is -2.32. The summed E-state index contributed by atoms with van der Waals surface area (Å²) in [4.78, 5) is 13.6. The van der Waals surface area contributed by atoms with Gasteiger partial charge in [-0.15, -0.1) is 12.4 Å². The van der Waals surface area contributed by atoms with E-state index in [-0.39, 0.29) is 12.4 Å². The summed E-state index contributed by atoms with van der Waals surface area (Å²) in [5.41, 5.74) is 0. The molecule has 14 heavy (non-hydrogen) atoms. The van der Waals surface area contributed by atoms with Crippen LogP contribution in [0.5, 0.6) is 0 Å². The van der Waals surface area contributed by atoms with Gasteiger partial charge in [-0.2, -0.15) is 0 Å². The van der Waals surface area contributed by atoms with Gasteiger partial charge in [0.2, 0.25) is 5.91 Å². The van der Waals surface area contributed by atoms with E-state index in [0.717, 1.165) is 25.9 Å². The summed E-state index contributed by atoms with van der Waals surface area (Å²) in [5.74, 6) is 0.322. The number of piperidine rings is 1. The number of amides is 1. The molecule has 1 rings (SSSR count). The van der Waals surface area contributed by atoms with Crippen LogP contribution in [0.15, 0.2) is 0 Å². The summed E-state index contributed by atoms with van der Waals surface area (Å²) in [6.45, 7) is 3.91. The van der Waals surface area contributed by atoms with E-state index in [9.17, 15) is 4.79 Å². The van der Waals surface area contributed by atoms with E-state index in [1.54, 1.807) is 0 Å². The van der Waals surface area contributed by atoms with E-state index in [2.05, 4.69) is 12.2 Å². The van der Waals surface area contributed by atoms with Gasteiger partial charge in [-0.05, 0) is 26.3 Å². The van der Waals surface area contributed by atoms with Crippen molar-refractivity contribution in [3.63, 3.8) is 0 Å². The number of likely N-dealkylation sites (N-methyl/N-ethyl adjacent to an activating group) is 1. The molecule has 1 saturated heterocycles. The largest absolute Gasteiger partial charge is 0.341 e. The topological polar surface area (TPSA) is 32.3 Å². The fraction of sp³-hybridized carbons (Fsp3) is 0.900. The highest BCUT2D eigenvalue weighted by Gasteiger charge is 2.21. The maximum absolute atomic E-state index is 11.6. The fourth-order valence-electron chi connectivity index (χ4n) is 1.81. The quantitative estimate of drug-likeness (QED) is 0.781. The lowest BCUT2D eigenvalue weighted by Crippen LogP contribution is -2.46. The van der Waals surface area contributed by atoms with Gasteiger partial charge in [-0.3, -0.25) is 4.79 Å². The second kappa shape index (κ2) is 7.07. The van der Waals surface area contributed by atoms with Crippen molar-refractivity contribution in [3.05, 3.63) is 0 Å². The molecule has 0 spiro atoms. The van der Waals surface area contributed by atoms with Crippen molar-refractivity contribution in [2.45, 2.75) is 38.6 Å². The molecule has 0 aromatic rings. The normalized spacial score (nSPS) is 21.6. The summed E-state index contributed by atoms with van der Waals surface area (Å²) in [6.07, 6.45) is 4.00. The van der Waals surface area contributed by atoms with E-state index < -0.39 is 0 Å². The summed E-state index contributed by atoms with van der Waals surface area (Å²) in [5, 5.41) is 3.24. The van der Waals surface area contributed by atoms with Gasteiger partial charge in [0.1, 0.15) is 0 Å². The average molecular weight is 221 g/mol. The molecular formula is C10H21ClN2O. The molecule has 0 aromatic heterocycles. The Morgan fingerprint density at radius 2 is 2.29 bits per heavy atom. The standard InChI is InChI=1S/C10H20N2O.ClH/c1-3-5-10(13)12-7-4-6-9(8-12)11-2;/h9,11H,3-8H2,1-2H3;1H/t9-;/m1./s1. The number of rotatable bonds is 3. The molecule has 84 valence electrons. The number of nitrogens with one attached hydrogen (secondary N) is 1. The number of carbonyl (C=O) groups excluding carboxylic acids is 1. The SMILES string of the molecule is CCCC(=O)N1CCC[C@@H](NC)C1.Cl. The Balaban J connectivity index is 0.00000169. The molecule has 0 bridgehead atoms. The molecule has 4 heteroatoms. The maximum Gasteiger partial charge on any atom is 0.222 e. The van der Waals surface area contributed by atoms with Crippen LogP contribution in [0.25, 0.3) is 0 Å². The lowest BCUT2D eigenvalue weighted by atomic mass is 10.1. The Labute approximate surface area is 92.6 Å². The number of hydrogen-bond donors (Lipinski definition) is 1. The molecule has 3 nitrogen and oxygen atoms in total. The first kappa shape index (κ1) is 13.7. The van der Waals surface area contributed by atoms with Gasteiger partial charge in [-0.1, -0.05) is 6.92 Å². The molecule has 0 aliphatic carbocycles. The Kier molecular flexibility index (Phi) is 6.93. The van der Waals surface area contributed by atoms with E-state index in [0.29, 0.717) is 18.4 Å². The predicted octanol–water partition coefficient (Wildman–Crippen LogP) is 1.42. The summed E-state index contributed by atoms with van der Waals surface area (Å²) >= 11 is 0. The van der Waals surface area contributed by atoms with Crippen LogP contribution in [0.1, 0.15) is 32.6 Å². The first-order valence-corrected chi connectivity index (χ1v) is 5.23. The number of hydrogen-bond acceptors (Lipinski definition) is 2. The highest BCUT2D eigenvalue weighted by molar-refractivity contribution is 5.85. The Bertz CT molecular complexity index is 176. The molecule has 1 heterocycles. The molecule has 1 atom stereocenters. The number of carbonyl (C=O) groups is 1. The molecule has 0 aromatic carbocycles. The van der Waals surface area contributed by atoms with Crippen molar-refractivity contribution in [1.82, 2.24) is 10.2 Å². The minimum Gasteiger partial charge on any atom is -0.341 e. The third-order valence-electron chi connectivity index (χ3n) is 2.65. The van der Waals surface area contributed by atoms with Crippen molar-refractivity contribution in [3.8, 4) is 0 Å². The van der Waals surface area contributed by atoms with Gasteiger partial charge < -0.3 is 10.2 Å². The Hall–Kier alpha value is -0.280. The van der Waals surface area contributed by atoms with Crippen molar-refractivity contribution in [1.29, 1.82) is 0 Å². The maximum atomic E-state index is 11.6. The van der Waals surface area contributed by atoms with Crippen LogP contribution in [0.4, 0.5) is 0 Å². The second-order valence-corrected chi connectivity index (χ2v) is 3.72. The van der Waals surface area contributed by atoms with Crippen LogP contribution < -0.4 is 5.32 Å². The van der Waals surface area contributed by atoms with Crippen LogP contribution in [0, 0.1) is 0 Å². The first-order chi connectivity index (χ1) is 6.27. The number of halogens is 1. The van der Waals surface area contributed by atoms with Gasteiger partial charge in [0, 0.05) is 25.6 Å². The zero-order valence-corrected chi connectivity index (χ0v) is 9.90. The molecule has 1 fully saturated rings. The highest BCUT2D eigenvalue weighted by atomic mass is 35.5. The predicted molar refractivity (Wildman–Crippen MR) is 60.8 cm³/mol. The van der Waals surface area contributed by atoms with Gasteiger partial charge in [0.15, 0.2) is 0 Å². The van der Waals surface area contributed by atoms with Crippen LogP contribution in [-0.2, 0) is 4.79 Å². The highest BCUT2D eigenvalue weighted by Crippen LogP contribution is 2.11. The van der Waals surface area contributed by atoms with Gasteiger partial charge >= 0.3 is 0 Å².